The zero-order valence-corrected chi connectivity index (χ0v) is 14.5. The van der Waals surface area contributed by atoms with Crippen molar-refractivity contribution in [3.05, 3.63) is 23.8 Å². The minimum Gasteiger partial charge on any atom is -0.392 e. The minimum atomic E-state index is -0.222. The predicted molar refractivity (Wildman–Crippen MR) is 93.8 cm³/mol. The Morgan fingerprint density at radius 2 is 2.08 bits per heavy atom. The lowest BCUT2D eigenvalue weighted by atomic mass is 9.58. The van der Waals surface area contributed by atoms with Crippen LogP contribution in [0.25, 0.3) is 11.0 Å². The quantitative estimate of drug-likeness (QED) is 0.849. The topological polar surface area (TPSA) is 84.5 Å². The summed E-state index contributed by atoms with van der Waals surface area (Å²) in [6.45, 7) is 4.04. The maximum Gasteiger partial charge on any atom is 0.105 e. The maximum atomic E-state index is 10.3. The first kappa shape index (κ1) is 16.4. The summed E-state index contributed by atoms with van der Waals surface area (Å²) in [4.78, 5) is 2.46. The molecule has 0 bridgehead atoms. The molecule has 1 aliphatic heterocycles. The van der Waals surface area contributed by atoms with Crippen molar-refractivity contribution in [3.8, 4) is 0 Å². The summed E-state index contributed by atoms with van der Waals surface area (Å²) in [5, 5.41) is 10.3. The van der Waals surface area contributed by atoms with Crippen LogP contribution in [0.4, 0.5) is 0 Å². The number of hydrogen-bond acceptors (Lipinski definition) is 7. The summed E-state index contributed by atoms with van der Waals surface area (Å²) in [6, 6.07) is 6.32. The van der Waals surface area contributed by atoms with Crippen molar-refractivity contribution in [2.24, 2.45) is 11.1 Å². The number of hydrogen-bond donors (Lipinski definition) is 2. The molecule has 7 heteroatoms. The molecule has 6 nitrogen and oxygen atoms in total. The molecule has 1 spiro atoms. The van der Waals surface area contributed by atoms with Gasteiger partial charge in [-0.05, 0) is 43.6 Å². The largest absolute Gasteiger partial charge is 0.392 e. The molecule has 0 unspecified atom stereocenters. The fourth-order valence-corrected chi connectivity index (χ4v) is 4.65. The van der Waals surface area contributed by atoms with Gasteiger partial charge in [-0.3, -0.25) is 4.90 Å². The van der Waals surface area contributed by atoms with Gasteiger partial charge in [0.15, 0.2) is 0 Å². The monoisotopic (exact) mass is 348 g/mol. The third kappa shape index (κ3) is 2.84. The van der Waals surface area contributed by atoms with Gasteiger partial charge in [0.2, 0.25) is 0 Å². The van der Waals surface area contributed by atoms with Gasteiger partial charge in [0.25, 0.3) is 0 Å². The van der Waals surface area contributed by atoms with Crippen molar-refractivity contribution in [3.63, 3.8) is 0 Å². The third-order valence-corrected chi connectivity index (χ3v) is 6.25. The molecule has 1 aliphatic carbocycles. The van der Waals surface area contributed by atoms with Crippen LogP contribution in [-0.2, 0) is 11.3 Å². The van der Waals surface area contributed by atoms with Gasteiger partial charge in [0.05, 0.1) is 30.5 Å². The number of aliphatic hydroxyl groups is 1. The summed E-state index contributed by atoms with van der Waals surface area (Å²) in [7, 11) is 0. The lowest BCUT2D eigenvalue weighted by molar-refractivity contribution is -0.210. The Labute approximate surface area is 145 Å². The second kappa shape index (κ2) is 6.65. The molecule has 1 saturated heterocycles. The van der Waals surface area contributed by atoms with Crippen LogP contribution < -0.4 is 5.73 Å². The van der Waals surface area contributed by atoms with Gasteiger partial charge < -0.3 is 15.6 Å². The molecule has 1 saturated carbocycles. The van der Waals surface area contributed by atoms with Crippen LogP contribution in [0.15, 0.2) is 18.2 Å². The molecule has 4 rings (SSSR count). The van der Waals surface area contributed by atoms with Crippen LogP contribution >= 0.6 is 11.7 Å². The molecule has 2 heterocycles. The Morgan fingerprint density at radius 3 is 2.83 bits per heavy atom. The normalized spacial score (nSPS) is 26.8. The van der Waals surface area contributed by atoms with E-state index in [9.17, 15) is 5.11 Å². The molecular weight excluding hydrogens is 324 g/mol. The van der Waals surface area contributed by atoms with E-state index in [-0.39, 0.29) is 17.6 Å². The molecule has 3 N–H and O–H groups in total. The Balaban J connectivity index is 1.37. The Bertz CT molecular complexity index is 699. The van der Waals surface area contributed by atoms with Crippen molar-refractivity contribution < 1.29 is 9.84 Å². The Kier molecular flexibility index (Phi) is 4.53. The summed E-state index contributed by atoms with van der Waals surface area (Å²) in [5.41, 5.74) is 8.72. The molecule has 130 valence electrons. The molecule has 0 radical (unpaired) electrons. The summed E-state index contributed by atoms with van der Waals surface area (Å²) in [5.74, 6) is 0. The maximum absolute atomic E-state index is 10.3. The highest BCUT2D eigenvalue weighted by atomic mass is 32.1. The highest BCUT2D eigenvalue weighted by Crippen LogP contribution is 2.51. The Morgan fingerprint density at radius 1 is 1.29 bits per heavy atom. The zero-order valence-electron chi connectivity index (χ0n) is 13.7. The van der Waals surface area contributed by atoms with Crippen molar-refractivity contribution in [1.82, 2.24) is 13.6 Å². The summed E-state index contributed by atoms with van der Waals surface area (Å²) < 4.78 is 14.4. The molecule has 2 atom stereocenters. The average molecular weight is 348 g/mol. The first-order valence-corrected chi connectivity index (χ1v) is 9.37. The molecule has 2 aromatic rings. The summed E-state index contributed by atoms with van der Waals surface area (Å²) >= 11 is 1.26. The SMILES string of the molecule is NCCO[C@@H]1C[C@H](O)C12CCN(Cc1ccc3nsnc3c1)CC2. The van der Waals surface area contributed by atoms with Crippen LogP contribution in [0, 0.1) is 5.41 Å². The number of aromatic nitrogens is 2. The molecular formula is C17H24N4O2S. The second-order valence-electron chi connectivity index (χ2n) is 7.00. The van der Waals surface area contributed by atoms with Crippen LogP contribution in [0.2, 0.25) is 0 Å². The second-order valence-corrected chi connectivity index (χ2v) is 7.52. The van der Waals surface area contributed by atoms with Gasteiger partial charge in [-0.1, -0.05) is 6.07 Å². The first-order chi connectivity index (χ1) is 11.7. The number of nitrogens with two attached hydrogens (primary N) is 1. The third-order valence-electron chi connectivity index (χ3n) is 5.69. The van der Waals surface area contributed by atoms with E-state index in [1.54, 1.807) is 0 Å². The predicted octanol–water partition coefficient (Wildman–Crippen LogP) is 1.38. The van der Waals surface area contributed by atoms with E-state index in [1.807, 2.05) is 6.07 Å². The van der Waals surface area contributed by atoms with Gasteiger partial charge >= 0.3 is 0 Å². The van der Waals surface area contributed by atoms with Crippen LogP contribution in [0.3, 0.4) is 0 Å². The Hall–Kier alpha value is -1.12. The van der Waals surface area contributed by atoms with E-state index >= 15 is 0 Å². The van der Waals surface area contributed by atoms with Crippen molar-refractivity contribution >= 4 is 22.8 Å². The van der Waals surface area contributed by atoms with Gasteiger partial charge in [0, 0.05) is 24.9 Å². The lowest BCUT2D eigenvalue weighted by Crippen LogP contribution is -2.62. The van der Waals surface area contributed by atoms with Crippen LogP contribution in [0.5, 0.6) is 0 Å². The van der Waals surface area contributed by atoms with E-state index in [0.29, 0.717) is 13.2 Å². The first-order valence-electron chi connectivity index (χ1n) is 8.64. The number of rotatable bonds is 5. The number of piperidine rings is 1. The highest BCUT2D eigenvalue weighted by Gasteiger charge is 2.55. The van der Waals surface area contributed by atoms with Crippen molar-refractivity contribution in [2.75, 3.05) is 26.2 Å². The van der Waals surface area contributed by atoms with Gasteiger partial charge in [-0.2, -0.15) is 8.75 Å². The molecule has 2 aliphatic rings. The summed E-state index contributed by atoms with van der Waals surface area (Å²) in [6.07, 6.45) is 2.69. The number of ether oxygens (including phenoxy) is 1. The lowest BCUT2D eigenvalue weighted by Gasteiger charge is -2.56. The van der Waals surface area contributed by atoms with Crippen LogP contribution in [0.1, 0.15) is 24.8 Å². The van der Waals surface area contributed by atoms with Gasteiger partial charge in [0.1, 0.15) is 11.0 Å². The zero-order chi connectivity index (χ0) is 16.6. The van der Waals surface area contributed by atoms with Gasteiger partial charge in [-0.15, -0.1) is 0 Å². The standard InChI is InChI=1S/C17H24N4O2S/c18-5-8-23-16-10-15(22)17(16)3-6-21(7-4-17)11-12-1-2-13-14(9-12)20-24-19-13/h1-2,9,15-16,22H,3-8,10-11,18H2/t15-,16+/m0/s1. The van der Waals surface area contributed by atoms with E-state index in [1.165, 1.54) is 17.3 Å². The van der Waals surface area contributed by atoms with Gasteiger partial charge in [-0.25, -0.2) is 0 Å². The average Bonchev–Trinajstić information content (AvgIpc) is 3.07. The number of likely N-dealkylation sites (tertiary alicyclic amines) is 1. The van der Waals surface area contributed by atoms with E-state index in [2.05, 4.69) is 25.8 Å². The number of nitrogens with zero attached hydrogens (tertiary/aromatic N) is 3. The molecule has 1 aromatic carbocycles. The van der Waals surface area contributed by atoms with E-state index in [0.717, 1.165) is 49.9 Å². The molecule has 1 aromatic heterocycles. The number of benzene rings is 1. The van der Waals surface area contributed by atoms with Crippen molar-refractivity contribution in [1.29, 1.82) is 0 Å². The smallest absolute Gasteiger partial charge is 0.105 e. The number of aliphatic hydroxyl groups excluding tert-OH is 1. The minimum absolute atomic E-state index is 0.0472. The fourth-order valence-electron chi connectivity index (χ4n) is 4.14. The van der Waals surface area contributed by atoms with Crippen molar-refractivity contribution in [2.45, 2.75) is 38.0 Å². The molecule has 2 fully saturated rings. The van der Waals surface area contributed by atoms with E-state index in [4.69, 9.17) is 10.5 Å². The fraction of sp³-hybridized carbons (Fsp3) is 0.647. The molecule has 0 amide bonds. The highest BCUT2D eigenvalue weighted by molar-refractivity contribution is 7.00. The van der Waals surface area contributed by atoms with E-state index < -0.39 is 0 Å². The number of fused-ring (bicyclic) bond motifs is 1. The molecule has 24 heavy (non-hydrogen) atoms. The van der Waals surface area contributed by atoms with Crippen LogP contribution in [-0.4, -0.2) is 57.2 Å².